The highest BCUT2D eigenvalue weighted by Crippen LogP contribution is 2.28. The molecule has 2 rings (SSSR count). The van der Waals surface area contributed by atoms with Gasteiger partial charge in [-0.2, -0.15) is 4.98 Å². The fourth-order valence-electron chi connectivity index (χ4n) is 1.87. The van der Waals surface area contributed by atoms with E-state index < -0.39 is 0 Å². The molecule has 0 fully saturated rings. The molecule has 0 aliphatic rings. The normalized spacial score (nSPS) is 11.3. The third-order valence-corrected chi connectivity index (χ3v) is 2.76. The van der Waals surface area contributed by atoms with Gasteiger partial charge in [-0.3, -0.25) is 0 Å². The molecule has 0 saturated carbocycles. The molecule has 1 heterocycles. The van der Waals surface area contributed by atoms with Gasteiger partial charge in [0.05, 0.1) is 14.2 Å². The van der Waals surface area contributed by atoms with Gasteiger partial charge in [-0.15, -0.1) is 0 Å². The summed E-state index contributed by atoms with van der Waals surface area (Å²) in [5.74, 6) is 2.00. The topological polar surface area (TPSA) is 69.4 Å². The largest absolute Gasteiger partial charge is 0.493 e. The Labute approximate surface area is 124 Å². The van der Waals surface area contributed by atoms with Gasteiger partial charge in [0.25, 0.3) is 0 Å². The van der Waals surface area contributed by atoms with Crippen LogP contribution in [0, 0.1) is 0 Å². The molecule has 0 spiro atoms. The average molecular weight is 291 g/mol. The molecule has 114 valence electrons. The summed E-state index contributed by atoms with van der Waals surface area (Å²) in [4.78, 5) is 4.33. The Morgan fingerprint density at radius 3 is 2.48 bits per heavy atom. The van der Waals surface area contributed by atoms with Crippen LogP contribution in [0.25, 0.3) is 0 Å². The second kappa shape index (κ2) is 6.03. The summed E-state index contributed by atoms with van der Waals surface area (Å²) in [6, 6.07) is 6.15. The summed E-state index contributed by atoms with van der Waals surface area (Å²) in [6.07, 6.45) is 0.565. The van der Waals surface area contributed by atoms with E-state index in [-0.39, 0.29) is 5.54 Å². The number of hydrogen-bond donors (Lipinski definition) is 1. The van der Waals surface area contributed by atoms with E-state index in [2.05, 4.69) is 15.5 Å². The van der Waals surface area contributed by atoms with Crippen LogP contribution in [0.3, 0.4) is 0 Å². The van der Waals surface area contributed by atoms with Crippen LogP contribution in [0.15, 0.2) is 22.7 Å². The molecule has 0 amide bonds. The highest BCUT2D eigenvalue weighted by atomic mass is 16.5. The van der Waals surface area contributed by atoms with Crippen LogP contribution in [0.5, 0.6) is 11.5 Å². The van der Waals surface area contributed by atoms with Crippen LogP contribution in [-0.2, 0) is 6.42 Å². The minimum Gasteiger partial charge on any atom is -0.493 e. The van der Waals surface area contributed by atoms with E-state index in [0.29, 0.717) is 29.8 Å². The van der Waals surface area contributed by atoms with E-state index >= 15 is 0 Å². The minimum absolute atomic E-state index is 0.118. The molecule has 6 nitrogen and oxygen atoms in total. The third kappa shape index (κ3) is 4.11. The first kappa shape index (κ1) is 15.2. The standard InChI is InChI=1S/C15H21N3O3/c1-15(2,3)17-14-16-13(18-21-14)9-10-6-7-11(19-4)12(8-10)20-5/h6-8H,9H2,1-5H3,(H,16,17,18). The van der Waals surface area contributed by atoms with Crippen molar-refractivity contribution in [3.63, 3.8) is 0 Å². The zero-order valence-corrected chi connectivity index (χ0v) is 13.1. The van der Waals surface area contributed by atoms with Gasteiger partial charge in [-0.25, -0.2) is 0 Å². The minimum atomic E-state index is -0.118. The number of rotatable bonds is 5. The summed E-state index contributed by atoms with van der Waals surface area (Å²) in [7, 11) is 3.22. The second-order valence-corrected chi connectivity index (χ2v) is 5.76. The highest BCUT2D eigenvalue weighted by molar-refractivity contribution is 5.43. The monoisotopic (exact) mass is 291 g/mol. The Morgan fingerprint density at radius 2 is 1.86 bits per heavy atom. The first-order valence-corrected chi connectivity index (χ1v) is 6.73. The van der Waals surface area contributed by atoms with Crippen molar-refractivity contribution in [2.24, 2.45) is 0 Å². The van der Waals surface area contributed by atoms with E-state index in [1.165, 1.54) is 0 Å². The molecular weight excluding hydrogens is 270 g/mol. The van der Waals surface area contributed by atoms with Crippen LogP contribution in [0.1, 0.15) is 32.2 Å². The molecule has 1 N–H and O–H groups in total. The van der Waals surface area contributed by atoms with E-state index in [4.69, 9.17) is 14.0 Å². The van der Waals surface area contributed by atoms with E-state index in [1.807, 2.05) is 39.0 Å². The van der Waals surface area contributed by atoms with E-state index in [0.717, 1.165) is 5.56 Å². The zero-order chi connectivity index (χ0) is 15.5. The first-order chi connectivity index (χ1) is 9.91. The lowest BCUT2D eigenvalue weighted by Gasteiger charge is -2.17. The number of benzene rings is 1. The zero-order valence-electron chi connectivity index (χ0n) is 13.1. The fraction of sp³-hybridized carbons (Fsp3) is 0.467. The maximum absolute atomic E-state index is 5.28. The van der Waals surface area contributed by atoms with Crippen LogP contribution >= 0.6 is 0 Å². The predicted octanol–water partition coefficient (Wildman–Crippen LogP) is 2.89. The summed E-state index contributed by atoms with van der Waals surface area (Å²) >= 11 is 0. The number of anilines is 1. The maximum atomic E-state index is 5.28. The van der Waals surface area contributed by atoms with Gasteiger partial charge >= 0.3 is 6.01 Å². The van der Waals surface area contributed by atoms with Crippen LogP contribution in [0.2, 0.25) is 0 Å². The quantitative estimate of drug-likeness (QED) is 0.913. The maximum Gasteiger partial charge on any atom is 0.321 e. The van der Waals surface area contributed by atoms with Crippen molar-refractivity contribution < 1.29 is 14.0 Å². The van der Waals surface area contributed by atoms with Gasteiger partial charge in [-0.05, 0) is 38.5 Å². The molecule has 2 aromatic rings. The third-order valence-electron chi connectivity index (χ3n) is 2.76. The fourth-order valence-corrected chi connectivity index (χ4v) is 1.87. The summed E-state index contributed by atoms with van der Waals surface area (Å²) in [5.41, 5.74) is 0.906. The SMILES string of the molecule is COc1ccc(Cc2noc(NC(C)(C)C)n2)cc1OC. The molecule has 6 heteroatoms. The molecule has 1 aromatic carbocycles. The van der Waals surface area contributed by atoms with Crippen LogP contribution in [0.4, 0.5) is 6.01 Å². The van der Waals surface area contributed by atoms with E-state index in [1.54, 1.807) is 14.2 Å². The number of hydrogen-bond acceptors (Lipinski definition) is 6. The molecule has 0 aliphatic carbocycles. The molecule has 0 bridgehead atoms. The van der Waals surface area contributed by atoms with Crippen LogP contribution < -0.4 is 14.8 Å². The van der Waals surface area contributed by atoms with Crippen LogP contribution in [-0.4, -0.2) is 29.9 Å². The first-order valence-electron chi connectivity index (χ1n) is 6.73. The van der Waals surface area contributed by atoms with Gasteiger partial charge in [0.2, 0.25) is 0 Å². The molecule has 0 unspecified atom stereocenters. The molecule has 0 radical (unpaired) electrons. The van der Waals surface area contributed by atoms with E-state index in [9.17, 15) is 0 Å². The summed E-state index contributed by atoms with van der Waals surface area (Å²) in [6.45, 7) is 6.10. The Bertz CT molecular complexity index is 602. The number of aromatic nitrogens is 2. The highest BCUT2D eigenvalue weighted by Gasteiger charge is 2.15. The van der Waals surface area contributed by atoms with Crippen molar-refractivity contribution in [1.29, 1.82) is 0 Å². The molecule has 0 atom stereocenters. The number of nitrogens with zero attached hydrogens (tertiary/aromatic N) is 2. The van der Waals surface area contributed by atoms with Gasteiger partial charge < -0.3 is 19.3 Å². The van der Waals surface area contributed by atoms with Gasteiger partial charge in [0.15, 0.2) is 17.3 Å². The summed E-state index contributed by atoms with van der Waals surface area (Å²) < 4.78 is 15.7. The van der Waals surface area contributed by atoms with Crippen molar-refractivity contribution in [1.82, 2.24) is 10.1 Å². The molecule has 0 aliphatic heterocycles. The van der Waals surface area contributed by atoms with Crippen molar-refractivity contribution in [2.75, 3.05) is 19.5 Å². The molecular formula is C15H21N3O3. The smallest absolute Gasteiger partial charge is 0.321 e. The summed E-state index contributed by atoms with van der Waals surface area (Å²) in [5, 5.41) is 7.12. The molecule has 0 saturated heterocycles. The molecule has 21 heavy (non-hydrogen) atoms. The van der Waals surface area contributed by atoms with Gasteiger partial charge in [-0.1, -0.05) is 11.2 Å². The van der Waals surface area contributed by atoms with Crippen molar-refractivity contribution >= 4 is 6.01 Å². The lowest BCUT2D eigenvalue weighted by atomic mass is 10.1. The number of ether oxygens (including phenoxy) is 2. The second-order valence-electron chi connectivity index (χ2n) is 5.76. The Balaban J connectivity index is 2.11. The number of nitrogens with one attached hydrogen (secondary N) is 1. The lowest BCUT2D eigenvalue weighted by molar-refractivity contribution is 0.354. The van der Waals surface area contributed by atoms with Crippen molar-refractivity contribution in [3.8, 4) is 11.5 Å². The van der Waals surface area contributed by atoms with Gasteiger partial charge in [0, 0.05) is 12.0 Å². The molecule has 1 aromatic heterocycles. The van der Waals surface area contributed by atoms with Crippen molar-refractivity contribution in [3.05, 3.63) is 29.6 Å². The Morgan fingerprint density at radius 1 is 1.14 bits per heavy atom. The Kier molecular flexibility index (Phi) is 4.35. The lowest BCUT2D eigenvalue weighted by Crippen LogP contribution is -2.26. The predicted molar refractivity (Wildman–Crippen MR) is 80.0 cm³/mol. The average Bonchev–Trinajstić information content (AvgIpc) is 2.83. The number of methoxy groups -OCH3 is 2. The van der Waals surface area contributed by atoms with Crippen molar-refractivity contribution in [2.45, 2.75) is 32.7 Å². The van der Waals surface area contributed by atoms with Gasteiger partial charge in [0.1, 0.15) is 0 Å². The Hall–Kier alpha value is -2.24.